The van der Waals surface area contributed by atoms with Crippen LogP contribution in [0.25, 0.3) is 22.6 Å². The molecule has 0 unspecified atom stereocenters. The fourth-order valence-corrected chi connectivity index (χ4v) is 4.11. The van der Waals surface area contributed by atoms with Crippen molar-refractivity contribution in [3.63, 3.8) is 0 Å². The van der Waals surface area contributed by atoms with Gasteiger partial charge < -0.3 is 19.2 Å². The molecule has 10 heteroatoms. The fraction of sp³-hybridized carbons (Fsp3) is 0.148. The van der Waals surface area contributed by atoms with Crippen LogP contribution in [0, 0.1) is 0 Å². The normalized spacial score (nSPS) is 10.7. The summed E-state index contributed by atoms with van der Waals surface area (Å²) in [5.74, 6) is -0.407. The van der Waals surface area contributed by atoms with Crippen LogP contribution in [0.5, 0.6) is 11.5 Å². The molecule has 3 aromatic carbocycles. The molecule has 8 nitrogen and oxygen atoms in total. The van der Waals surface area contributed by atoms with Crippen LogP contribution in [-0.4, -0.2) is 40.9 Å². The van der Waals surface area contributed by atoms with Crippen molar-refractivity contribution in [2.24, 2.45) is 0 Å². The Kier molecular flexibility index (Phi) is 8.01. The maximum Gasteiger partial charge on any atom is 0.307 e. The van der Waals surface area contributed by atoms with Gasteiger partial charge in [0.25, 0.3) is 5.91 Å². The molecule has 0 fully saturated rings. The summed E-state index contributed by atoms with van der Waals surface area (Å²) < 4.78 is 10.9. The van der Waals surface area contributed by atoms with Crippen LogP contribution in [-0.2, 0) is 11.2 Å². The number of carbonyl (C=O) groups excluding carboxylic acids is 1. The van der Waals surface area contributed by atoms with Crippen molar-refractivity contribution in [3.8, 4) is 34.1 Å². The quantitative estimate of drug-likeness (QED) is 0.245. The number of hydroxylamine groups is 2. The Labute approximate surface area is 222 Å². The van der Waals surface area contributed by atoms with Crippen molar-refractivity contribution < 1.29 is 28.8 Å². The maximum atomic E-state index is 13.9. The number of nitrogens with zero attached hydrogens (tertiary/aromatic N) is 2. The number of hydrogen-bond acceptors (Lipinski definition) is 6. The number of benzene rings is 3. The highest BCUT2D eigenvalue weighted by atomic mass is 35.5. The largest absolute Gasteiger partial charge is 0.497 e. The van der Waals surface area contributed by atoms with Crippen LogP contribution in [0.1, 0.15) is 22.8 Å². The summed E-state index contributed by atoms with van der Waals surface area (Å²) in [6.45, 7) is 1.92. The van der Waals surface area contributed by atoms with E-state index in [9.17, 15) is 14.7 Å². The molecule has 0 saturated heterocycles. The number of ether oxygens (including phenoxy) is 1. The van der Waals surface area contributed by atoms with E-state index in [1.807, 2.05) is 0 Å². The predicted molar refractivity (Wildman–Crippen MR) is 139 cm³/mol. The van der Waals surface area contributed by atoms with E-state index in [4.69, 9.17) is 37.3 Å². The number of carbonyl (C=O) groups is 2. The fourth-order valence-electron chi connectivity index (χ4n) is 3.67. The molecule has 4 aromatic rings. The number of carboxylic acids is 1. The van der Waals surface area contributed by atoms with Crippen molar-refractivity contribution in [1.82, 2.24) is 10.2 Å². The second-order valence-electron chi connectivity index (χ2n) is 7.90. The summed E-state index contributed by atoms with van der Waals surface area (Å²) in [6.07, 6.45) is -0.181. The first-order valence-corrected chi connectivity index (χ1v) is 12.0. The van der Waals surface area contributed by atoms with Gasteiger partial charge in [0, 0.05) is 16.1 Å². The molecule has 0 saturated carbocycles. The Morgan fingerprint density at radius 3 is 2.43 bits per heavy atom. The smallest absolute Gasteiger partial charge is 0.307 e. The monoisotopic (exact) mass is 540 g/mol. The van der Waals surface area contributed by atoms with E-state index in [0.29, 0.717) is 27.5 Å². The average molecular weight is 541 g/mol. The third-order valence-electron chi connectivity index (χ3n) is 5.43. The number of aromatic nitrogens is 1. The minimum absolute atomic E-state index is 0.143. The third-order valence-corrected chi connectivity index (χ3v) is 5.96. The number of hydrogen-bond donors (Lipinski definition) is 1. The van der Waals surface area contributed by atoms with Gasteiger partial charge in [0.2, 0.25) is 0 Å². The van der Waals surface area contributed by atoms with Gasteiger partial charge in [-0.1, -0.05) is 46.6 Å². The molecule has 4 rings (SSSR count). The van der Waals surface area contributed by atoms with Crippen LogP contribution in [0.4, 0.5) is 0 Å². The number of methoxy groups -OCH3 is 1. The van der Waals surface area contributed by atoms with Crippen LogP contribution in [0.2, 0.25) is 10.0 Å². The van der Waals surface area contributed by atoms with E-state index in [2.05, 4.69) is 5.16 Å². The molecule has 0 aliphatic heterocycles. The summed E-state index contributed by atoms with van der Waals surface area (Å²) in [7, 11) is 1.55. The highest BCUT2D eigenvalue weighted by Crippen LogP contribution is 2.35. The van der Waals surface area contributed by atoms with Gasteiger partial charge >= 0.3 is 5.97 Å². The van der Waals surface area contributed by atoms with Gasteiger partial charge in [-0.3, -0.25) is 9.59 Å². The number of aliphatic carboxylic acids is 1. The van der Waals surface area contributed by atoms with Crippen LogP contribution < -0.4 is 9.57 Å². The van der Waals surface area contributed by atoms with Crippen molar-refractivity contribution in [1.29, 1.82) is 0 Å². The molecule has 0 radical (unpaired) electrons. The molecule has 37 heavy (non-hydrogen) atoms. The first kappa shape index (κ1) is 26.1. The van der Waals surface area contributed by atoms with Crippen LogP contribution in [0.3, 0.4) is 0 Å². The lowest BCUT2D eigenvalue weighted by molar-refractivity contribution is -0.136. The van der Waals surface area contributed by atoms with Gasteiger partial charge in [-0.05, 0) is 61.0 Å². The second kappa shape index (κ2) is 11.4. The minimum atomic E-state index is -0.974. The molecule has 0 atom stereocenters. The van der Waals surface area contributed by atoms with Gasteiger partial charge in [-0.15, -0.1) is 0 Å². The molecule has 0 bridgehead atoms. The number of rotatable bonds is 9. The van der Waals surface area contributed by atoms with Crippen molar-refractivity contribution in [2.75, 3.05) is 13.7 Å². The summed E-state index contributed by atoms with van der Waals surface area (Å²) in [6, 6.07) is 18.4. The lowest BCUT2D eigenvalue weighted by Crippen LogP contribution is -2.34. The Hall–Kier alpha value is -4.01. The lowest BCUT2D eigenvalue weighted by atomic mass is 9.99. The first-order valence-electron chi connectivity index (χ1n) is 11.2. The molecule has 1 amide bonds. The number of carboxylic acid groups (broad SMARTS) is 1. The Morgan fingerprint density at radius 1 is 1.03 bits per heavy atom. The minimum Gasteiger partial charge on any atom is -0.497 e. The van der Waals surface area contributed by atoms with Gasteiger partial charge in [-0.2, -0.15) is 5.06 Å². The highest BCUT2D eigenvalue weighted by molar-refractivity contribution is 6.35. The van der Waals surface area contributed by atoms with E-state index in [1.165, 1.54) is 6.07 Å². The van der Waals surface area contributed by atoms with Gasteiger partial charge in [0.1, 0.15) is 17.0 Å². The van der Waals surface area contributed by atoms with Crippen LogP contribution >= 0.6 is 23.2 Å². The maximum absolute atomic E-state index is 13.9. The summed E-state index contributed by atoms with van der Waals surface area (Å²) in [5, 5.41) is 15.2. The molecule has 0 spiro atoms. The van der Waals surface area contributed by atoms with Crippen molar-refractivity contribution >= 4 is 35.1 Å². The predicted octanol–water partition coefficient (Wildman–Crippen LogP) is 6.41. The SMILES string of the molecule is CCN(Oc1ccc(Cl)cc1Cl)C(=O)c1c(-c2cccc(CC(=O)O)c2)noc1-c1ccc(OC)cc1. The number of amides is 1. The standard InChI is InChI=1S/C27H22Cl2N2O6/c1-3-31(37-22-12-9-19(28)15-21(22)29)27(34)24-25(18-6-4-5-16(13-18)14-23(32)33)30-36-26(24)17-7-10-20(35-2)11-8-17/h4-13,15H,3,14H2,1-2H3,(H,32,33). The van der Waals surface area contributed by atoms with E-state index in [0.717, 1.165) is 5.06 Å². The van der Waals surface area contributed by atoms with E-state index < -0.39 is 11.9 Å². The molecule has 1 heterocycles. The van der Waals surface area contributed by atoms with Crippen molar-refractivity contribution in [2.45, 2.75) is 13.3 Å². The first-order chi connectivity index (χ1) is 17.8. The summed E-state index contributed by atoms with van der Waals surface area (Å²) in [5.41, 5.74) is 2.04. The summed E-state index contributed by atoms with van der Waals surface area (Å²) >= 11 is 12.3. The van der Waals surface area contributed by atoms with Crippen LogP contribution in [0.15, 0.2) is 71.3 Å². The Morgan fingerprint density at radius 2 is 1.78 bits per heavy atom. The molecule has 1 N–H and O–H groups in total. The van der Waals surface area contributed by atoms with Crippen molar-refractivity contribution in [3.05, 3.63) is 87.9 Å². The second-order valence-corrected chi connectivity index (χ2v) is 8.74. The molecule has 0 aliphatic rings. The molecule has 0 aliphatic carbocycles. The van der Waals surface area contributed by atoms with E-state index in [-0.39, 0.29) is 40.8 Å². The Bertz CT molecular complexity index is 1440. The average Bonchev–Trinajstić information content (AvgIpc) is 3.33. The zero-order valence-corrected chi connectivity index (χ0v) is 21.4. The van der Waals surface area contributed by atoms with E-state index >= 15 is 0 Å². The third kappa shape index (κ3) is 5.87. The van der Waals surface area contributed by atoms with E-state index in [1.54, 1.807) is 74.7 Å². The lowest BCUT2D eigenvalue weighted by Gasteiger charge is -2.22. The molecule has 1 aromatic heterocycles. The highest BCUT2D eigenvalue weighted by Gasteiger charge is 2.30. The summed E-state index contributed by atoms with van der Waals surface area (Å²) in [4.78, 5) is 31.0. The molecular formula is C27H22Cl2N2O6. The molecular weight excluding hydrogens is 519 g/mol. The Balaban J connectivity index is 1.81. The molecule has 190 valence electrons. The number of halogens is 2. The van der Waals surface area contributed by atoms with Gasteiger partial charge in [0.15, 0.2) is 11.5 Å². The topological polar surface area (TPSA) is 102 Å². The van der Waals surface area contributed by atoms with Gasteiger partial charge in [0.05, 0.1) is 25.1 Å². The zero-order chi connectivity index (χ0) is 26.5. The zero-order valence-electron chi connectivity index (χ0n) is 19.9. The van der Waals surface area contributed by atoms with Gasteiger partial charge in [-0.25, -0.2) is 0 Å².